The number of carbonyl (C=O) groups excluding carboxylic acids is 3. The third-order valence-electron chi connectivity index (χ3n) is 6.58. The lowest BCUT2D eigenvalue weighted by atomic mass is 9.65. The van der Waals surface area contributed by atoms with Crippen LogP contribution in [-0.4, -0.2) is 39.9 Å². The molecule has 1 saturated carbocycles. The number of rotatable bonds is 5. The minimum absolute atomic E-state index is 0.0682. The number of amides is 4. The lowest BCUT2D eigenvalue weighted by Gasteiger charge is -2.42. The summed E-state index contributed by atoms with van der Waals surface area (Å²) in [6, 6.07) is 5.80. The van der Waals surface area contributed by atoms with Gasteiger partial charge in [-0.2, -0.15) is 0 Å². The summed E-state index contributed by atoms with van der Waals surface area (Å²) in [5.74, 6) is -0.395. The van der Waals surface area contributed by atoms with E-state index >= 15 is 0 Å². The highest BCUT2D eigenvalue weighted by atomic mass is 16.3. The van der Waals surface area contributed by atoms with Gasteiger partial charge < -0.3 is 15.7 Å². The first-order valence-electron chi connectivity index (χ1n) is 9.90. The number of benzene rings is 1. The molecule has 0 bridgehead atoms. The van der Waals surface area contributed by atoms with Gasteiger partial charge in [-0.1, -0.05) is 39.3 Å². The SMILES string of the molecule is CCC(C)(C)C1CCC2(CC1)NC(=O)N(CC(=O)Nc1ccccc1O)C2=O. The summed E-state index contributed by atoms with van der Waals surface area (Å²) in [6.07, 6.45) is 4.03. The van der Waals surface area contributed by atoms with E-state index in [1.165, 1.54) is 6.07 Å². The Balaban J connectivity index is 1.64. The van der Waals surface area contributed by atoms with Crippen molar-refractivity contribution in [3.05, 3.63) is 24.3 Å². The Bertz CT molecular complexity index is 782. The third kappa shape index (κ3) is 3.70. The van der Waals surface area contributed by atoms with Crippen molar-refractivity contribution in [1.29, 1.82) is 0 Å². The largest absolute Gasteiger partial charge is 0.506 e. The zero-order valence-corrected chi connectivity index (χ0v) is 16.7. The monoisotopic (exact) mass is 387 g/mol. The van der Waals surface area contributed by atoms with Crippen LogP contribution in [0.4, 0.5) is 10.5 Å². The first-order valence-corrected chi connectivity index (χ1v) is 9.90. The molecule has 152 valence electrons. The summed E-state index contributed by atoms with van der Waals surface area (Å²) in [7, 11) is 0. The summed E-state index contributed by atoms with van der Waals surface area (Å²) < 4.78 is 0. The Morgan fingerprint density at radius 2 is 1.93 bits per heavy atom. The molecule has 3 N–H and O–H groups in total. The Hall–Kier alpha value is -2.57. The number of phenols is 1. The van der Waals surface area contributed by atoms with E-state index < -0.39 is 17.5 Å². The number of imide groups is 1. The number of hydrogen-bond donors (Lipinski definition) is 3. The molecule has 1 aromatic carbocycles. The fourth-order valence-electron chi connectivity index (χ4n) is 4.25. The van der Waals surface area contributed by atoms with E-state index in [1.807, 2.05) is 0 Å². The van der Waals surface area contributed by atoms with Gasteiger partial charge in [0.15, 0.2) is 0 Å². The minimum atomic E-state index is -0.882. The smallest absolute Gasteiger partial charge is 0.325 e. The van der Waals surface area contributed by atoms with Gasteiger partial charge in [-0.3, -0.25) is 14.5 Å². The molecule has 7 nitrogen and oxygen atoms in total. The molecule has 2 fully saturated rings. The number of hydrogen-bond acceptors (Lipinski definition) is 4. The molecular weight excluding hydrogens is 358 g/mol. The second kappa shape index (κ2) is 7.45. The summed E-state index contributed by atoms with van der Waals surface area (Å²) in [5.41, 5.74) is -0.423. The summed E-state index contributed by atoms with van der Waals surface area (Å²) in [5, 5.41) is 15.1. The van der Waals surface area contributed by atoms with Gasteiger partial charge in [0.2, 0.25) is 5.91 Å². The van der Waals surface area contributed by atoms with Crippen LogP contribution in [0.15, 0.2) is 24.3 Å². The normalized spacial score (nSPS) is 25.1. The van der Waals surface area contributed by atoms with E-state index in [-0.39, 0.29) is 29.3 Å². The molecule has 1 aliphatic heterocycles. The van der Waals surface area contributed by atoms with Crippen molar-refractivity contribution in [2.45, 2.75) is 58.4 Å². The quantitative estimate of drug-likeness (QED) is 0.533. The van der Waals surface area contributed by atoms with Crippen LogP contribution in [0, 0.1) is 11.3 Å². The number of urea groups is 1. The van der Waals surface area contributed by atoms with Gasteiger partial charge in [-0.25, -0.2) is 4.79 Å². The molecule has 7 heteroatoms. The van der Waals surface area contributed by atoms with Gasteiger partial charge in [0.25, 0.3) is 5.91 Å². The van der Waals surface area contributed by atoms with Crippen molar-refractivity contribution < 1.29 is 19.5 Å². The van der Waals surface area contributed by atoms with E-state index in [2.05, 4.69) is 31.4 Å². The molecule has 1 saturated heterocycles. The third-order valence-corrected chi connectivity index (χ3v) is 6.58. The van der Waals surface area contributed by atoms with E-state index in [9.17, 15) is 19.5 Å². The van der Waals surface area contributed by atoms with E-state index in [4.69, 9.17) is 0 Å². The highest BCUT2D eigenvalue weighted by Gasteiger charge is 2.53. The van der Waals surface area contributed by atoms with Crippen molar-refractivity contribution in [1.82, 2.24) is 10.2 Å². The fraction of sp³-hybridized carbons (Fsp3) is 0.571. The maximum absolute atomic E-state index is 13.0. The van der Waals surface area contributed by atoms with Gasteiger partial charge >= 0.3 is 6.03 Å². The number of phenolic OH excluding ortho intramolecular Hbond substituents is 1. The van der Waals surface area contributed by atoms with E-state index in [1.54, 1.807) is 18.2 Å². The number of para-hydroxylation sites is 2. The van der Waals surface area contributed by atoms with Crippen LogP contribution < -0.4 is 10.6 Å². The Kier molecular flexibility index (Phi) is 5.37. The molecule has 0 radical (unpaired) electrons. The van der Waals surface area contributed by atoms with Gasteiger partial charge in [0.1, 0.15) is 17.8 Å². The van der Waals surface area contributed by atoms with Gasteiger partial charge in [0, 0.05) is 0 Å². The molecule has 0 unspecified atom stereocenters. The van der Waals surface area contributed by atoms with Crippen LogP contribution in [0.5, 0.6) is 5.75 Å². The Morgan fingerprint density at radius 3 is 2.54 bits per heavy atom. The van der Waals surface area contributed by atoms with Crippen LogP contribution in [0.2, 0.25) is 0 Å². The van der Waals surface area contributed by atoms with Crippen LogP contribution in [0.1, 0.15) is 52.9 Å². The standard InChI is InChI=1S/C21H29N3O4/c1-4-20(2,3)14-9-11-21(12-10-14)18(27)24(19(28)23-21)13-17(26)22-15-7-5-6-8-16(15)25/h5-8,14,25H,4,9-13H2,1-3H3,(H,22,26)(H,23,28). The van der Waals surface area contributed by atoms with E-state index in [0.717, 1.165) is 24.2 Å². The number of carbonyl (C=O) groups is 3. The van der Waals surface area contributed by atoms with Crippen LogP contribution in [-0.2, 0) is 9.59 Å². The van der Waals surface area contributed by atoms with Crippen molar-refractivity contribution in [2.24, 2.45) is 11.3 Å². The molecule has 0 atom stereocenters. The number of anilines is 1. The molecule has 1 aliphatic carbocycles. The van der Waals surface area contributed by atoms with Crippen molar-refractivity contribution in [3.63, 3.8) is 0 Å². The molecular formula is C21H29N3O4. The second-order valence-electron chi connectivity index (χ2n) is 8.59. The zero-order chi connectivity index (χ0) is 20.5. The molecule has 1 heterocycles. The number of nitrogens with zero attached hydrogens (tertiary/aromatic N) is 1. The molecule has 2 aliphatic rings. The maximum atomic E-state index is 13.0. The van der Waals surface area contributed by atoms with Gasteiger partial charge in [-0.05, 0) is 49.1 Å². The van der Waals surface area contributed by atoms with E-state index in [0.29, 0.717) is 18.8 Å². The lowest BCUT2D eigenvalue weighted by molar-refractivity contribution is -0.135. The van der Waals surface area contributed by atoms with Gasteiger partial charge in [0.05, 0.1) is 5.69 Å². The summed E-state index contributed by atoms with van der Waals surface area (Å²) >= 11 is 0. The maximum Gasteiger partial charge on any atom is 0.325 e. The van der Waals surface area contributed by atoms with Crippen LogP contribution in [0.3, 0.4) is 0 Å². The highest BCUT2D eigenvalue weighted by Crippen LogP contribution is 2.45. The molecule has 28 heavy (non-hydrogen) atoms. The summed E-state index contributed by atoms with van der Waals surface area (Å²) in [4.78, 5) is 38.7. The Morgan fingerprint density at radius 1 is 1.29 bits per heavy atom. The average molecular weight is 387 g/mol. The van der Waals surface area contributed by atoms with Crippen molar-refractivity contribution >= 4 is 23.5 Å². The minimum Gasteiger partial charge on any atom is -0.506 e. The topological polar surface area (TPSA) is 98.7 Å². The predicted octanol–water partition coefficient (Wildman–Crippen LogP) is 3.25. The second-order valence-corrected chi connectivity index (χ2v) is 8.59. The predicted molar refractivity (Wildman–Crippen MR) is 106 cm³/mol. The molecule has 4 amide bonds. The Labute approximate surface area is 165 Å². The van der Waals surface area contributed by atoms with Crippen LogP contribution >= 0.6 is 0 Å². The van der Waals surface area contributed by atoms with Crippen LogP contribution in [0.25, 0.3) is 0 Å². The first kappa shape index (κ1) is 20.2. The molecule has 1 aromatic rings. The average Bonchev–Trinajstić information content (AvgIpc) is 2.88. The highest BCUT2D eigenvalue weighted by molar-refractivity contribution is 6.10. The number of nitrogens with one attached hydrogen (secondary N) is 2. The van der Waals surface area contributed by atoms with Crippen molar-refractivity contribution in [3.8, 4) is 5.75 Å². The lowest BCUT2D eigenvalue weighted by Crippen LogP contribution is -2.51. The first-order chi connectivity index (χ1) is 13.2. The molecule has 0 aromatic heterocycles. The summed E-state index contributed by atoms with van der Waals surface area (Å²) in [6.45, 7) is 6.31. The molecule has 3 rings (SSSR count). The number of aromatic hydroxyl groups is 1. The zero-order valence-electron chi connectivity index (χ0n) is 16.7. The van der Waals surface area contributed by atoms with Gasteiger partial charge in [-0.15, -0.1) is 0 Å². The molecule has 1 spiro atoms. The fourth-order valence-corrected chi connectivity index (χ4v) is 4.25. The van der Waals surface area contributed by atoms with Crippen molar-refractivity contribution in [2.75, 3.05) is 11.9 Å².